The number of amides is 1. The summed E-state index contributed by atoms with van der Waals surface area (Å²) < 4.78 is 13.1. The standard InChI is InChI=1S/C26H25FN2O/c1-19(28)26(23-5-3-2-4-6-23)15-17-29(18-16-26)25(30)22-9-7-20(8-10-22)21-11-13-24(27)14-12-21/h2-14,28H,15-18H2,1H3. The van der Waals surface area contributed by atoms with Gasteiger partial charge in [-0.15, -0.1) is 0 Å². The van der Waals surface area contributed by atoms with Gasteiger partial charge < -0.3 is 10.3 Å². The number of benzene rings is 3. The van der Waals surface area contributed by atoms with Crippen molar-refractivity contribution in [3.8, 4) is 11.1 Å². The van der Waals surface area contributed by atoms with E-state index in [1.54, 1.807) is 12.1 Å². The minimum absolute atomic E-state index is 0.0185. The van der Waals surface area contributed by atoms with Crippen molar-refractivity contribution in [3.05, 3.63) is 95.8 Å². The molecule has 1 aliphatic heterocycles. The number of likely N-dealkylation sites (tertiary alicyclic amines) is 1. The van der Waals surface area contributed by atoms with Crippen molar-refractivity contribution in [2.24, 2.45) is 0 Å². The zero-order valence-corrected chi connectivity index (χ0v) is 17.1. The van der Waals surface area contributed by atoms with E-state index >= 15 is 0 Å². The van der Waals surface area contributed by atoms with Gasteiger partial charge in [0.15, 0.2) is 0 Å². The van der Waals surface area contributed by atoms with Crippen molar-refractivity contribution < 1.29 is 9.18 Å². The largest absolute Gasteiger partial charge is 0.339 e. The molecular formula is C26H25FN2O. The van der Waals surface area contributed by atoms with Crippen molar-refractivity contribution in [1.29, 1.82) is 5.41 Å². The number of hydrogen-bond donors (Lipinski definition) is 1. The Morgan fingerprint density at radius 3 is 1.93 bits per heavy atom. The van der Waals surface area contributed by atoms with Crippen LogP contribution in [0.15, 0.2) is 78.9 Å². The predicted molar refractivity (Wildman–Crippen MR) is 118 cm³/mol. The molecule has 0 atom stereocenters. The molecule has 0 unspecified atom stereocenters. The number of carbonyl (C=O) groups is 1. The maximum Gasteiger partial charge on any atom is 0.253 e. The SMILES string of the molecule is CC(=N)C1(c2ccccc2)CCN(C(=O)c2ccc(-c3ccc(F)cc3)cc2)CC1. The zero-order valence-electron chi connectivity index (χ0n) is 17.1. The Labute approximate surface area is 176 Å². The maximum absolute atomic E-state index is 13.1. The van der Waals surface area contributed by atoms with Crippen LogP contribution < -0.4 is 0 Å². The molecule has 1 fully saturated rings. The summed E-state index contributed by atoms with van der Waals surface area (Å²) in [5.74, 6) is -0.243. The van der Waals surface area contributed by atoms with Crippen molar-refractivity contribution in [1.82, 2.24) is 4.90 Å². The Morgan fingerprint density at radius 2 is 1.40 bits per heavy atom. The molecule has 0 bridgehead atoms. The van der Waals surface area contributed by atoms with E-state index in [-0.39, 0.29) is 17.1 Å². The molecule has 4 heteroatoms. The van der Waals surface area contributed by atoms with Crippen LogP contribution in [0.4, 0.5) is 4.39 Å². The van der Waals surface area contributed by atoms with Crippen molar-refractivity contribution in [3.63, 3.8) is 0 Å². The van der Waals surface area contributed by atoms with Gasteiger partial charge in [0.2, 0.25) is 0 Å². The number of hydrogen-bond acceptors (Lipinski definition) is 2. The van der Waals surface area contributed by atoms with E-state index in [1.807, 2.05) is 54.3 Å². The van der Waals surface area contributed by atoms with E-state index in [1.165, 1.54) is 12.1 Å². The normalized spacial score (nSPS) is 15.6. The molecule has 30 heavy (non-hydrogen) atoms. The molecule has 1 saturated heterocycles. The van der Waals surface area contributed by atoms with Gasteiger partial charge in [-0.3, -0.25) is 4.79 Å². The fraction of sp³-hybridized carbons (Fsp3) is 0.231. The molecule has 1 amide bonds. The van der Waals surface area contributed by atoms with Gasteiger partial charge in [-0.2, -0.15) is 0 Å². The van der Waals surface area contributed by atoms with Crippen LogP contribution in [0, 0.1) is 11.2 Å². The summed E-state index contributed by atoms with van der Waals surface area (Å²) in [7, 11) is 0. The third kappa shape index (κ3) is 3.78. The van der Waals surface area contributed by atoms with Crippen LogP contribution in [0.5, 0.6) is 0 Å². The Kier molecular flexibility index (Phi) is 5.49. The van der Waals surface area contributed by atoms with E-state index in [0.29, 0.717) is 24.4 Å². The number of halogens is 1. The summed E-state index contributed by atoms with van der Waals surface area (Å²) in [5, 5.41) is 8.40. The van der Waals surface area contributed by atoms with Crippen LogP contribution in [0.3, 0.4) is 0 Å². The second kappa shape index (κ2) is 8.23. The summed E-state index contributed by atoms with van der Waals surface area (Å²) in [6.07, 6.45) is 1.51. The molecule has 3 aromatic carbocycles. The van der Waals surface area contributed by atoms with E-state index < -0.39 is 0 Å². The first-order valence-corrected chi connectivity index (χ1v) is 10.3. The molecule has 0 aromatic heterocycles. The van der Waals surface area contributed by atoms with Crippen molar-refractivity contribution in [2.75, 3.05) is 13.1 Å². The first-order valence-electron chi connectivity index (χ1n) is 10.3. The summed E-state index contributed by atoms with van der Waals surface area (Å²) in [5.41, 5.74) is 4.05. The lowest BCUT2D eigenvalue weighted by atomic mass is 9.69. The second-order valence-electron chi connectivity index (χ2n) is 7.95. The maximum atomic E-state index is 13.1. The highest BCUT2D eigenvalue weighted by Crippen LogP contribution is 2.37. The van der Waals surface area contributed by atoms with E-state index in [0.717, 1.165) is 29.5 Å². The van der Waals surface area contributed by atoms with Gasteiger partial charge in [0, 0.05) is 29.8 Å². The quantitative estimate of drug-likeness (QED) is 0.561. The summed E-state index contributed by atoms with van der Waals surface area (Å²) in [6, 6.07) is 24.0. The van der Waals surface area contributed by atoms with Crippen LogP contribution in [-0.4, -0.2) is 29.6 Å². The molecular weight excluding hydrogens is 375 g/mol. The molecule has 0 saturated carbocycles. The third-order valence-corrected chi connectivity index (χ3v) is 6.26. The molecule has 1 aliphatic rings. The van der Waals surface area contributed by atoms with Gasteiger partial charge in [0.1, 0.15) is 5.82 Å². The average molecular weight is 400 g/mol. The van der Waals surface area contributed by atoms with Gasteiger partial charge in [-0.25, -0.2) is 4.39 Å². The fourth-order valence-corrected chi connectivity index (χ4v) is 4.36. The minimum atomic E-state index is -0.287. The molecule has 3 aromatic rings. The number of nitrogens with one attached hydrogen (secondary N) is 1. The van der Waals surface area contributed by atoms with E-state index in [2.05, 4.69) is 12.1 Å². The van der Waals surface area contributed by atoms with E-state index in [4.69, 9.17) is 5.41 Å². The Morgan fingerprint density at radius 1 is 0.867 bits per heavy atom. The van der Waals surface area contributed by atoms with Crippen LogP contribution in [0.25, 0.3) is 11.1 Å². The van der Waals surface area contributed by atoms with Crippen LogP contribution in [0.1, 0.15) is 35.7 Å². The molecule has 4 rings (SSSR count). The molecule has 152 valence electrons. The molecule has 3 nitrogen and oxygen atoms in total. The smallest absolute Gasteiger partial charge is 0.253 e. The first-order chi connectivity index (χ1) is 14.5. The lowest BCUT2D eigenvalue weighted by Gasteiger charge is -2.42. The number of carbonyl (C=O) groups excluding carboxylic acids is 1. The Hall–Kier alpha value is -3.27. The lowest BCUT2D eigenvalue weighted by molar-refractivity contribution is 0.0695. The highest BCUT2D eigenvalue weighted by Gasteiger charge is 2.39. The van der Waals surface area contributed by atoms with Crippen LogP contribution in [0.2, 0.25) is 0 Å². The molecule has 1 heterocycles. The summed E-state index contributed by atoms with van der Waals surface area (Å²) in [4.78, 5) is 14.9. The average Bonchev–Trinajstić information content (AvgIpc) is 2.80. The summed E-state index contributed by atoms with van der Waals surface area (Å²) in [6.45, 7) is 3.13. The molecule has 0 spiro atoms. The number of nitrogens with zero attached hydrogens (tertiary/aromatic N) is 1. The van der Waals surface area contributed by atoms with Gasteiger partial charge in [-0.05, 0) is 60.7 Å². The zero-order chi connectivity index (χ0) is 21.1. The first kappa shape index (κ1) is 20.0. The molecule has 0 radical (unpaired) electrons. The summed E-state index contributed by atoms with van der Waals surface area (Å²) >= 11 is 0. The van der Waals surface area contributed by atoms with Crippen molar-refractivity contribution >= 4 is 11.6 Å². The minimum Gasteiger partial charge on any atom is -0.339 e. The van der Waals surface area contributed by atoms with Gasteiger partial charge in [-0.1, -0.05) is 54.6 Å². The number of rotatable bonds is 4. The Balaban J connectivity index is 1.47. The monoisotopic (exact) mass is 400 g/mol. The second-order valence-corrected chi connectivity index (χ2v) is 7.95. The topological polar surface area (TPSA) is 44.2 Å². The van der Waals surface area contributed by atoms with E-state index in [9.17, 15) is 9.18 Å². The molecule has 1 N–H and O–H groups in total. The lowest BCUT2D eigenvalue weighted by Crippen LogP contribution is -2.48. The highest BCUT2D eigenvalue weighted by atomic mass is 19.1. The van der Waals surface area contributed by atoms with Gasteiger partial charge in [0.25, 0.3) is 5.91 Å². The number of piperidine rings is 1. The highest BCUT2D eigenvalue weighted by molar-refractivity contribution is 5.95. The molecule has 0 aliphatic carbocycles. The van der Waals surface area contributed by atoms with Crippen LogP contribution in [-0.2, 0) is 5.41 Å². The predicted octanol–water partition coefficient (Wildman–Crippen LogP) is 5.71. The Bertz CT molecular complexity index is 1030. The third-order valence-electron chi connectivity index (χ3n) is 6.26. The van der Waals surface area contributed by atoms with Gasteiger partial charge >= 0.3 is 0 Å². The fourth-order valence-electron chi connectivity index (χ4n) is 4.36. The van der Waals surface area contributed by atoms with Crippen LogP contribution >= 0.6 is 0 Å². The van der Waals surface area contributed by atoms with Gasteiger partial charge in [0.05, 0.1) is 0 Å². The van der Waals surface area contributed by atoms with Crippen molar-refractivity contribution in [2.45, 2.75) is 25.2 Å².